The van der Waals surface area contributed by atoms with Crippen molar-refractivity contribution in [3.63, 3.8) is 0 Å². The fraction of sp³-hybridized carbons (Fsp3) is 0.261. The predicted octanol–water partition coefficient (Wildman–Crippen LogP) is 5.10. The van der Waals surface area contributed by atoms with Gasteiger partial charge in [-0.3, -0.25) is 4.79 Å². The molecule has 1 aliphatic rings. The molecule has 1 fully saturated rings. The molecule has 1 aliphatic heterocycles. The van der Waals surface area contributed by atoms with Crippen LogP contribution < -0.4 is 10.2 Å². The summed E-state index contributed by atoms with van der Waals surface area (Å²) in [6, 6.07) is 15.5. The van der Waals surface area contributed by atoms with Gasteiger partial charge in [0.2, 0.25) is 5.91 Å². The lowest BCUT2D eigenvalue weighted by Crippen LogP contribution is -2.38. The molecule has 0 saturated carbocycles. The second kappa shape index (κ2) is 8.79. The summed E-state index contributed by atoms with van der Waals surface area (Å²) in [5, 5.41) is 12.2. The highest BCUT2D eigenvalue weighted by Crippen LogP contribution is 2.26. The second-order valence-corrected chi connectivity index (χ2v) is 7.93. The number of benzene rings is 2. The fourth-order valence-electron chi connectivity index (χ4n) is 3.60. The summed E-state index contributed by atoms with van der Waals surface area (Å²) >= 11 is 6.04. The highest BCUT2D eigenvalue weighted by Gasteiger charge is 2.26. The molecular formula is C23H22ClFN4O. The maximum atomic E-state index is 13.1. The highest BCUT2D eigenvalue weighted by atomic mass is 35.5. The monoisotopic (exact) mass is 424 g/mol. The van der Waals surface area contributed by atoms with Crippen molar-refractivity contribution in [1.82, 2.24) is 10.2 Å². The first-order valence-corrected chi connectivity index (χ1v) is 10.3. The normalized spacial score (nSPS) is 14.6. The number of aromatic nitrogens is 2. The molecule has 0 aliphatic carbocycles. The van der Waals surface area contributed by atoms with Crippen molar-refractivity contribution in [1.29, 1.82) is 0 Å². The van der Waals surface area contributed by atoms with Gasteiger partial charge in [-0.2, -0.15) is 0 Å². The van der Waals surface area contributed by atoms with Gasteiger partial charge in [0.1, 0.15) is 5.82 Å². The number of piperidine rings is 1. The van der Waals surface area contributed by atoms with Gasteiger partial charge in [-0.25, -0.2) is 4.39 Å². The van der Waals surface area contributed by atoms with E-state index in [9.17, 15) is 9.18 Å². The lowest BCUT2D eigenvalue weighted by molar-refractivity contribution is -0.120. The van der Waals surface area contributed by atoms with Gasteiger partial charge >= 0.3 is 0 Å². The van der Waals surface area contributed by atoms with Crippen molar-refractivity contribution in [2.75, 3.05) is 23.3 Å². The highest BCUT2D eigenvalue weighted by molar-refractivity contribution is 6.31. The molecule has 2 heterocycles. The van der Waals surface area contributed by atoms with Crippen LogP contribution in [0.2, 0.25) is 5.02 Å². The molecule has 3 aromatic rings. The number of amides is 1. The van der Waals surface area contributed by atoms with Gasteiger partial charge in [0.25, 0.3) is 0 Å². The molecule has 1 aromatic heterocycles. The van der Waals surface area contributed by atoms with E-state index in [0.29, 0.717) is 10.7 Å². The third-order valence-corrected chi connectivity index (χ3v) is 5.67. The van der Waals surface area contributed by atoms with Gasteiger partial charge in [0.05, 0.1) is 5.69 Å². The standard InChI is InChI=1S/C23H22ClFN4O/c1-15-2-5-18(24)14-21(15)26-23(30)17-10-12-29(13-11-17)22-9-8-20(27-28-22)16-3-6-19(25)7-4-16/h2-9,14,17H,10-13H2,1H3,(H,26,30). The minimum Gasteiger partial charge on any atom is -0.355 e. The van der Waals surface area contributed by atoms with E-state index in [1.165, 1.54) is 12.1 Å². The summed E-state index contributed by atoms with van der Waals surface area (Å²) in [5.41, 5.74) is 3.27. The van der Waals surface area contributed by atoms with Crippen molar-refractivity contribution in [3.8, 4) is 11.3 Å². The SMILES string of the molecule is Cc1ccc(Cl)cc1NC(=O)C1CCN(c2ccc(-c3ccc(F)cc3)nn2)CC1. The van der Waals surface area contributed by atoms with Gasteiger partial charge in [0.15, 0.2) is 5.82 Å². The first-order valence-electron chi connectivity index (χ1n) is 9.91. The Hall–Kier alpha value is -2.99. The van der Waals surface area contributed by atoms with Gasteiger partial charge in [-0.15, -0.1) is 10.2 Å². The largest absolute Gasteiger partial charge is 0.355 e. The molecule has 4 rings (SSSR count). The second-order valence-electron chi connectivity index (χ2n) is 7.49. The number of aryl methyl sites for hydroxylation is 1. The Morgan fingerprint density at radius 3 is 2.47 bits per heavy atom. The lowest BCUT2D eigenvalue weighted by Gasteiger charge is -2.32. The summed E-state index contributed by atoms with van der Waals surface area (Å²) in [7, 11) is 0. The van der Waals surface area contributed by atoms with E-state index in [2.05, 4.69) is 20.4 Å². The van der Waals surface area contributed by atoms with Crippen LogP contribution >= 0.6 is 11.6 Å². The Kier molecular flexibility index (Phi) is 5.95. The number of halogens is 2. The molecule has 7 heteroatoms. The Labute approximate surface area is 179 Å². The fourth-order valence-corrected chi connectivity index (χ4v) is 3.78. The van der Waals surface area contributed by atoms with Crippen LogP contribution in [0.1, 0.15) is 18.4 Å². The van der Waals surface area contributed by atoms with Gasteiger partial charge in [0, 0.05) is 35.3 Å². The number of nitrogens with zero attached hydrogens (tertiary/aromatic N) is 3. The van der Waals surface area contributed by atoms with E-state index in [1.807, 2.05) is 31.2 Å². The molecule has 0 bridgehead atoms. The first-order chi connectivity index (χ1) is 14.5. The smallest absolute Gasteiger partial charge is 0.227 e. The zero-order chi connectivity index (χ0) is 21.1. The molecule has 0 radical (unpaired) electrons. The topological polar surface area (TPSA) is 58.1 Å². The van der Waals surface area contributed by atoms with E-state index >= 15 is 0 Å². The van der Waals surface area contributed by atoms with Crippen molar-refractivity contribution < 1.29 is 9.18 Å². The lowest BCUT2D eigenvalue weighted by atomic mass is 9.95. The summed E-state index contributed by atoms with van der Waals surface area (Å²) < 4.78 is 13.1. The Morgan fingerprint density at radius 1 is 1.07 bits per heavy atom. The molecular weight excluding hydrogens is 403 g/mol. The van der Waals surface area contributed by atoms with E-state index in [1.54, 1.807) is 18.2 Å². The van der Waals surface area contributed by atoms with Crippen LogP contribution in [-0.4, -0.2) is 29.2 Å². The van der Waals surface area contributed by atoms with Crippen molar-refractivity contribution in [2.45, 2.75) is 19.8 Å². The molecule has 1 N–H and O–H groups in total. The number of hydrogen-bond donors (Lipinski definition) is 1. The van der Waals surface area contributed by atoms with Crippen molar-refractivity contribution >= 4 is 29.0 Å². The van der Waals surface area contributed by atoms with Crippen molar-refractivity contribution in [2.24, 2.45) is 5.92 Å². The van der Waals surface area contributed by atoms with Crippen LogP contribution in [-0.2, 0) is 4.79 Å². The molecule has 1 amide bonds. The third kappa shape index (κ3) is 4.60. The van der Waals surface area contributed by atoms with Crippen LogP contribution in [0.5, 0.6) is 0 Å². The zero-order valence-electron chi connectivity index (χ0n) is 16.6. The van der Waals surface area contributed by atoms with Crippen LogP contribution in [0.25, 0.3) is 11.3 Å². The average Bonchev–Trinajstić information content (AvgIpc) is 2.77. The summed E-state index contributed by atoms with van der Waals surface area (Å²) in [5.74, 6) is 0.481. The molecule has 30 heavy (non-hydrogen) atoms. The van der Waals surface area contributed by atoms with E-state index < -0.39 is 0 Å². The third-order valence-electron chi connectivity index (χ3n) is 5.44. The van der Waals surface area contributed by atoms with Crippen LogP contribution in [0.3, 0.4) is 0 Å². The maximum absolute atomic E-state index is 13.1. The predicted molar refractivity (Wildman–Crippen MR) is 117 cm³/mol. The number of anilines is 2. The molecule has 154 valence electrons. The molecule has 0 spiro atoms. The number of rotatable bonds is 4. The number of carbonyl (C=O) groups excluding carboxylic acids is 1. The molecule has 1 saturated heterocycles. The minimum atomic E-state index is -0.277. The summed E-state index contributed by atoms with van der Waals surface area (Å²) in [6.07, 6.45) is 1.49. The van der Waals surface area contributed by atoms with Gasteiger partial charge in [-0.05, 0) is 73.9 Å². The molecule has 0 atom stereocenters. The Balaban J connectivity index is 1.35. The average molecular weight is 425 g/mol. The molecule has 0 unspecified atom stereocenters. The quantitative estimate of drug-likeness (QED) is 0.633. The maximum Gasteiger partial charge on any atom is 0.227 e. The number of hydrogen-bond acceptors (Lipinski definition) is 4. The molecule has 2 aromatic carbocycles. The summed E-state index contributed by atoms with van der Waals surface area (Å²) in [4.78, 5) is 14.8. The Bertz CT molecular complexity index is 1030. The number of carbonyl (C=O) groups is 1. The van der Waals surface area contributed by atoms with E-state index in [-0.39, 0.29) is 17.6 Å². The van der Waals surface area contributed by atoms with Gasteiger partial charge < -0.3 is 10.2 Å². The summed E-state index contributed by atoms with van der Waals surface area (Å²) in [6.45, 7) is 3.41. The van der Waals surface area contributed by atoms with E-state index in [4.69, 9.17) is 11.6 Å². The van der Waals surface area contributed by atoms with Crippen LogP contribution in [0.15, 0.2) is 54.6 Å². The zero-order valence-corrected chi connectivity index (χ0v) is 17.4. The van der Waals surface area contributed by atoms with E-state index in [0.717, 1.165) is 48.6 Å². The Morgan fingerprint density at radius 2 is 1.80 bits per heavy atom. The van der Waals surface area contributed by atoms with Crippen LogP contribution in [0.4, 0.5) is 15.9 Å². The number of nitrogens with one attached hydrogen (secondary N) is 1. The van der Waals surface area contributed by atoms with Crippen LogP contribution in [0, 0.1) is 18.7 Å². The molecule has 5 nitrogen and oxygen atoms in total. The van der Waals surface area contributed by atoms with Crippen molar-refractivity contribution in [3.05, 3.63) is 71.0 Å². The van der Waals surface area contributed by atoms with Gasteiger partial charge in [-0.1, -0.05) is 17.7 Å². The first kappa shape index (κ1) is 20.3. The minimum absolute atomic E-state index is 0.0257.